The van der Waals surface area contributed by atoms with Gasteiger partial charge in [0.1, 0.15) is 18.5 Å². The number of fused-ring (bicyclic) bond motifs is 1. The first-order valence-corrected chi connectivity index (χ1v) is 8.50. The Balaban J connectivity index is 1.94. The first-order valence-electron chi connectivity index (χ1n) is 8.12. The van der Waals surface area contributed by atoms with Crippen LogP contribution in [0.5, 0.6) is 0 Å². The first kappa shape index (κ1) is 17.0. The second-order valence-electron chi connectivity index (χ2n) is 6.40. The summed E-state index contributed by atoms with van der Waals surface area (Å²) < 4.78 is 7.78. The number of benzene rings is 1. The van der Waals surface area contributed by atoms with Gasteiger partial charge in [-0.1, -0.05) is 37.6 Å². The summed E-state index contributed by atoms with van der Waals surface area (Å²) >= 11 is 5.97. The van der Waals surface area contributed by atoms with E-state index in [-0.39, 0.29) is 18.6 Å². The Kier molecular flexibility index (Phi) is 4.92. The maximum absolute atomic E-state index is 10.8. The van der Waals surface area contributed by atoms with E-state index in [0.717, 1.165) is 35.6 Å². The second-order valence-corrected chi connectivity index (χ2v) is 6.84. The molecule has 1 aromatic heterocycles. The fourth-order valence-electron chi connectivity index (χ4n) is 3.20. The minimum Gasteiger partial charge on any atom is -0.480 e. The molecule has 6 heteroatoms. The SMILES string of the molecule is CC(C)c1nc2c(n1Cc1ccc(Cl)cc1)C(OCC(=O)O)CC2. The van der Waals surface area contributed by atoms with Crippen LogP contribution in [-0.2, 0) is 22.5 Å². The molecule has 0 fully saturated rings. The van der Waals surface area contributed by atoms with E-state index in [2.05, 4.69) is 18.4 Å². The van der Waals surface area contributed by atoms with Crippen molar-refractivity contribution < 1.29 is 14.6 Å². The quantitative estimate of drug-likeness (QED) is 0.862. The van der Waals surface area contributed by atoms with Crippen LogP contribution in [0.3, 0.4) is 0 Å². The number of hydrogen-bond donors (Lipinski definition) is 1. The summed E-state index contributed by atoms with van der Waals surface area (Å²) in [4.78, 5) is 15.6. The number of aliphatic carboxylic acids is 1. The monoisotopic (exact) mass is 348 g/mol. The Bertz CT molecular complexity index is 737. The van der Waals surface area contributed by atoms with Gasteiger partial charge in [-0.25, -0.2) is 9.78 Å². The Morgan fingerprint density at radius 1 is 1.42 bits per heavy atom. The van der Waals surface area contributed by atoms with Crippen molar-refractivity contribution in [2.24, 2.45) is 0 Å². The fraction of sp³-hybridized carbons (Fsp3) is 0.444. The highest BCUT2D eigenvalue weighted by atomic mass is 35.5. The Morgan fingerprint density at radius 2 is 2.12 bits per heavy atom. The smallest absolute Gasteiger partial charge is 0.329 e. The van der Waals surface area contributed by atoms with Gasteiger partial charge in [0, 0.05) is 17.5 Å². The van der Waals surface area contributed by atoms with Gasteiger partial charge in [0.2, 0.25) is 0 Å². The minimum absolute atomic E-state index is 0.205. The van der Waals surface area contributed by atoms with E-state index in [0.29, 0.717) is 11.6 Å². The van der Waals surface area contributed by atoms with E-state index >= 15 is 0 Å². The molecule has 1 aliphatic rings. The highest BCUT2D eigenvalue weighted by molar-refractivity contribution is 6.30. The van der Waals surface area contributed by atoms with Crippen LogP contribution < -0.4 is 0 Å². The van der Waals surface area contributed by atoms with E-state index in [9.17, 15) is 4.79 Å². The third-order valence-electron chi connectivity index (χ3n) is 4.24. The zero-order chi connectivity index (χ0) is 17.3. The minimum atomic E-state index is -0.948. The number of aromatic nitrogens is 2. The molecule has 0 bridgehead atoms. The predicted molar refractivity (Wildman–Crippen MR) is 91.5 cm³/mol. The number of imidazole rings is 1. The zero-order valence-electron chi connectivity index (χ0n) is 13.8. The number of halogens is 1. The van der Waals surface area contributed by atoms with Gasteiger partial charge in [0.25, 0.3) is 0 Å². The average molecular weight is 349 g/mol. The molecule has 24 heavy (non-hydrogen) atoms. The van der Waals surface area contributed by atoms with Crippen LogP contribution in [0.2, 0.25) is 5.02 Å². The molecule has 2 aromatic rings. The van der Waals surface area contributed by atoms with Crippen molar-refractivity contribution in [3.05, 3.63) is 52.1 Å². The standard InChI is InChI=1S/C18H21ClN2O3/c1-11(2)18-20-14-7-8-15(24-10-16(22)23)17(14)21(18)9-12-3-5-13(19)6-4-12/h3-6,11,15H,7-10H2,1-2H3,(H,22,23). The number of carbonyl (C=O) groups is 1. The molecule has 0 amide bonds. The van der Waals surface area contributed by atoms with Gasteiger partial charge in [-0.15, -0.1) is 0 Å². The lowest BCUT2D eigenvalue weighted by Gasteiger charge is -2.18. The van der Waals surface area contributed by atoms with Crippen molar-refractivity contribution in [1.82, 2.24) is 9.55 Å². The molecule has 0 radical (unpaired) electrons. The molecule has 0 spiro atoms. The van der Waals surface area contributed by atoms with E-state index in [4.69, 9.17) is 26.4 Å². The van der Waals surface area contributed by atoms with Crippen LogP contribution in [0.4, 0.5) is 0 Å². The zero-order valence-corrected chi connectivity index (χ0v) is 14.6. The van der Waals surface area contributed by atoms with Crippen LogP contribution >= 0.6 is 11.6 Å². The number of hydrogen-bond acceptors (Lipinski definition) is 3. The Hall–Kier alpha value is -1.85. The lowest BCUT2D eigenvalue weighted by atomic mass is 10.1. The lowest BCUT2D eigenvalue weighted by molar-refractivity contribution is -0.144. The van der Waals surface area contributed by atoms with Gasteiger partial charge < -0.3 is 14.4 Å². The number of carboxylic acids is 1. The van der Waals surface area contributed by atoms with E-state index in [1.807, 2.05) is 24.3 Å². The molecule has 1 unspecified atom stereocenters. The molecular weight excluding hydrogens is 328 g/mol. The summed E-state index contributed by atoms with van der Waals surface area (Å²) in [5.41, 5.74) is 3.18. The van der Waals surface area contributed by atoms with Crippen molar-refractivity contribution in [2.75, 3.05) is 6.61 Å². The molecule has 1 N–H and O–H groups in total. The summed E-state index contributed by atoms with van der Waals surface area (Å²) in [6, 6.07) is 7.75. The molecule has 5 nitrogen and oxygen atoms in total. The van der Waals surface area contributed by atoms with Gasteiger partial charge in [-0.3, -0.25) is 0 Å². The molecule has 0 saturated carbocycles. The van der Waals surface area contributed by atoms with Crippen LogP contribution in [0, 0.1) is 0 Å². The summed E-state index contributed by atoms with van der Waals surface area (Å²) in [5, 5.41) is 9.60. The number of ether oxygens (including phenoxy) is 1. The molecule has 1 aromatic carbocycles. The normalized spacial score (nSPS) is 16.6. The topological polar surface area (TPSA) is 64.4 Å². The largest absolute Gasteiger partial charge is 0.480 e. The highest BCUT2D eigenvalue weighted by Gasteiger charge is 2.32. The van der Waals surface area contributed by atoms with E-state index < -0.39 is 5.97 Å². The van der Waals surface area contributed by atoms with Gasteiger partial charge in [0.05, 0.1) is 11.4 Å². The molecule has 1 aliphatic carbocycles. The maximum Gasteiger partial charge on any atom is 0.329 e. The van der Waals surface area contributed by atoms with Crippen molar-refractivity contribution in [1.29, 1.82) is 0 Å². The van der Waals surface area contributed by atoms with Crippen molar-refractivity contribution in [3.63, 3.8) is 0 Å². The molecule has 0 saturated heterocycles. The first-order chi connectivity index (χ1) is 11.5. The average Bonchev–Trinajstić information content (AvgIpc) is 3.08. The van der Waals surface area contributed by atoms with E-state index in [1.165, 1.54) is 0 Å². The second kappa shape index (κ2) is 6.95. The molecule has 1 atom stereocenters. The van der Waals surface area contributed by atoms with Gasteiger partial charge in [0.15, 0.2) is 0 Å². The molecule has 0 aliphatic heterocycles. The third-order valence-corrected chi connectivity index (χ3v) is 4.49. The van der Waals surface area contributed by atoms with Crippen LogP contribution in [0.1, 0.15) is 55.1 Å². The third kappa shape index (κ3) is 3.47. The fourth-order valence-corrected chi connectivity index (χ4v) is 3.32. The van der Waals surface area contributed by atoms with Gasteiger partial charge >= 0.3 is 5.97 Å². The Morgan fingerprint density at radius 3 is 2.75 bits per heavy atom. The van der Waals surface area contributed by atoms with Gasteiger partial charge in [-0.2, -0.15) is 0 Å². The Labute approximate surface area is 146 Å². The molecule has 128 valence electrons. The van der Waals surface area contributed by atoms with E-state index in [1.54, 1.807) is 0 Å². The molecule has 3 rings (SSSR count). The maximum atomic E-state index is 10.8. The predicted octanol–water partition coefficient (Wildman–Crippen LogP) is 3.80. The highest BCUT2D eigenvalue weighted by Crippen LogP contribution is 2.36. The summed E-state index contributed by atoms with van der Waals surface area (Å²) in [7, 11) is 0. The molecule has 1 heterocycles. The summed E-state index contributed by atoms with van der Waals surface area (Å²) in [5.74, 6) is 0.345. The number of aryl methyl sites for hydroxylation is 1. The van der Waals surface area contributed by atoms with Crippen LogP contribution in [0.15, 0.2) is 24.3 Å². The summed E-state index contributed by atoms with van der Waals surface area (Å²) in [6.07, 6.45) is 1.40. The summed E-state index contributed by atoms with van der Waals surface area (Å²) in [6.45, 7) is 4.62. The number of nitrogens with zero attached hydrogens (tertiary/aromatic N) is 2. The molecular formula is C18H21ClN2O3. The van der Waals surface area contributed by atoms with Crippen molar-refractivity contribution in [2.45, 2.75) is 45.3 Å². The van der Waals surface area contributed by atoms with Crippen LogP contribution in [-0.4, -0.2) is 27.2 Å². The van der Waals surface area contributed by atoms with Crippen molar-refractivity contribution >= 4 is 17.6 Å². The lowest BCUT2D eigenvalue weighted by Crippen LogP contribution is -2.16. The number of carboxylic acid groups (broad SMARTS) is 1. The number of rotatable bonds is 6. The van der Waals surface area contributed by atoms with Crippen molar-refractivity contribution in [3.8, 4) is 0 Å². The van der Waals surface area contributed by atoms with Gasteiger partial charge in [-0.05, 0) is 30.5 Å². The van der Waals surface area contributed by atoms with Crippen LogP contribution in [0.25, 0.3) is 0 Å².